The normalized spacial score (nSPS) is 10.5. The highest BCUT2D eigenvalue weighted by Crippen LogP contribution is 2.24. The Balaban J connectivity index is 2.82. The Morgan fingerprint density at radius 2 is 2.23 bits per heavy atom. The zero-order valence-electron chi connectivity index (χ0n) is 7.96. The van der Waals surface area contributed by atoms with Gasteiger partial charge in [0.2, 0.25) is 0 Å². The van der Waals surface area contributed by atoms with Crippen LogP contribution < -0.4 is 5.73 Å². The van der Waals surface area contributed by atoms with Crippen LogP contribution in [0.4, 0.5) is 5.00 Å². The van der Waals surface area contributed by atoms with E-state index in [-0.39, 0.29) is 12.1 Å². The topological polar surface area (TPSA) is 52.3 Å². The van der Waals surface area contributed by atoms with Crippen molar-refractivity contribution in [2.45, 2.75) is 26.9 Å². The third-order valence-electron chi connectivity index (χ3n) is 1.45. The lowest BCUT2D eigenvalue weighted by Gasteiger charge is -2.06. The molecule has 4 heteroatoms. The molecular weight excluding hydrogens is 186 g/mol. The number of ether oxygens (including phenoxy) is 1. The smallest absolute Gasteiger partial charge is 0.341 e. The number of rotatable bonds is 2. The minimum absolute atomic E-state index is 0.105. The highest BCUT2D eigenvalue weighted by Gasteiger charge is 2.14. The predicted octanol–water partition coefficient (Wildman–Crippen LogP) is 2.20. The van der Waals surface area contributed by atoms with Crippen LogP contribution in [-0.2, 0) is 4.74 Å². The Kier molecular flexibility index (Phi) is 2.93. The van der Waals surface area contributed by atoms with Crippen molar-refractivity contribution in [2.75, 3.05) is 5.73 Å². The summed E-state index contributed by atoms with van der Waals surface area (Å²) < 4.78 is 5.02. The highest BCUT2D eigenvalue weighted by atomic mass is 32.1. The Morgan fingerprint density at radius 3 is 2.62 bits per heavy atom. The molecule has 0 radical (unpaired) electrons. The van der Waals surface area contributed by atoms with E-state index in [9.17, 15) is 4.79 Å². The maximum atomic E-state index is 11.4. The van der Waals surface area contributed by atoms with Crippen molar-refractivity contribution in [1.29, 1.82) is 0 Å². The first kappa shape index (κ1) is 10.1. The molecule has 0 amide bonds. The van der Waals surface area contributed by atoms with E-state index >= 15 is 0 Å². The summed E-state index contributed by atoms with van der Waals surface area (Å²) >= 11 is 1.40. The first-order valence-electron chi connectivity index (χ1n) is 4.07. The van der Waals surface area contributed by atoms with Crippen LogP contribution in [0, 0.1) is 6.92 Å². The van der Waals surface area contributed by atoms with E-state index in [1.54, 1.807) is 6.07 Å². The molecule has 1 aromatic heterocycles. The average molecular weight is 199 g/mol. The third-order valence-corrected chi connectivity index (χ3v) is 2.33. The Bertz CT molecular complexity index is 317. The fraction of sp³-hybridized carbons (Fsp3) is 0.444. The number of hydrogen-bond acceptors (Lipinski definition) is 4. The summed E-state index contributed by atoms with van der Waals surface area (Å²) in [6.45, 7) is 5.54. The zero-order valence-corrected chi connectivity index (χ0v) is 8.77. The number of nitrogens with two attached hydrogens (primary N) is 1. The summed E-state index contributed by atoms with van der Waals surface area (Å²) in [5, 5.41) is 0.531. The van der Waals surface area contributed by atoms with Gasteiger partial charge in [-0.3, -0.25) is 0 Å². The summed E-state index contributed by atoms with van der Waals surface area (Å²) in [5.41, 5.74) is 6.12. The molecule has 0 aliphatic carbocycles. The molecule has 0 spiro atoms. The SMILES string of the molecule is Cc1cc(C(=O)OC(C)C)c(N)s1. The quantitative estimate of drug-likeness (QED) is 0.743. The van der Waals surface area contributed by atoms with E-state index in [0.29, 0.717) is 10.6 Å². The van der Waals surface area contributed by atoms with Crippen LogP contribution in [0.1, 0.15) is 29.1 Å². The lowest BCUT2D eigenvalue weighted by molar-refractivity contribution is 0.0379. The first-order chi connectivity index (χ1) is 6.00. The van der Waals surface area contributed by atoms with Gasteiger partial charge >= 0.3 is 5.97 Å². The lowest BCUT2D eigenvalue weighted by Crippen LogP contribution is -2.11. The Labute approximate surface area is 81.5 Å². The molecule has 0 unspecified atom stereocenters. The van der Waals surface area contributed by atoms with Crippen molar-refractivity contribution in [3.05, 3.63) is 16.5 Å². The fourth-order valence-electron chi connectivity index (χ4n) is 0.969. The molecule has 0 aromatic carbocycles. The van der Waals surface area contributed by atoms with E-state index in [1.165, 1.54) is 11.3 Å². The summed E-state index contributed by atoms with van der Waals surface area (Å²) in [6, 6.07) is 1.75. The van der Waals surface area contributed by atoms with Crippen molar-refractivity contribution in [3.63, 3.8) is 0 Å². The maximum Gasteiger partial charge on any atom is 0.341 e. The second kappa shape index (κ2) is 3.79. The molecule has 0 aliphatic rings. The van der Waals surface area contributed by atoms with Crippen molar-refractivity contribution in [1.82, 2.24) is 0 Å². The molecule has 13 heavy (non-hydrogen) atoms. The van der Waals surface area contributed by atoms with Crippen molar-refractivity contribution >= 4 is 22.3 Å². The predicted molar refractivity (Wildman–Crippen MR) is 54.0 cm³/mol. The summed E-state index contributed by atoms with van der Waals surface area (Å²) in [5.74, 6) is -0.336. The summed E-state index contributed by atoms with van der Waals surface area (Å²) in [6.07, 6.45) is -0.105. The van der Waals surface area contributed by atoms with Gasteiger partial charge in [-0.05, 0) is 26.8 Å². The molecule has 1 aromatic rings. The largest absolute Gasteiger partial charge is 0.459 e. The second-order valence-corrected chi connectivity index (χ2v) is 4.38. The molecule has 3 nitrogen and oxygen atoms in total. The first-order valence-corrected chi connectivity index (χ1v) is 4.89. The van der Waals surface area contributed by atoms with Crippen LogP contribution >= 0.6 is 11.3 Å². The number of esters is 1. The second-order valence-electron chi connectivity index (χ2n) is 3.09. The van der Waals surface area contributed by atoms with Gasteiger partial charge < -0.3 is 10.5 Å². The molecule has 1 rings (SSSR count). The van der Waals surface area contributed by atoms with Gasteiger partial charge in [-0.2, -0.15) is 0 Å². The van der Waals surface area contributed by atoms with Crippen LogP contribution in [0.15, 0.2) is 6.07 Å². The molecule has 2 N–H and O–H groups in total. The molecule has 0 saturated carbocycles. The number of carbonyl (C=O) groups is 1. The fourth-order valence-corrected chi connectivity index (χ4v) is 1.75. The van der Waals surface area contributed by atoms with Gasteiger partial charge in [0.1, 0.15) is 5.00 Å². The summed E-state index contributed by atoms with van der Waals surface area (Å²) in [4.78, 5) is 12.4. The average Bonchev–Trinajstić information content (AvgIpc) is 2.28. The van der Waals surface area contributed by atoms with Crippen LogP contribution in [0.5, 0.6) is 0 Å². The van der Waals surface area contributed by atoms with Gasteiger partial charge in [0.15, 0.2) is 0 Å². The Hall–Kier alpha value is -1.03. The molecule has 1 heterocycles. The van der Waals surface area contributed by atoms with Gasteiger partial charge in [0, 0.05) is 4.88 Å². The third kappa shape index (κ3) is 2.45. The van der Waals surface area contributed by atoms with Gasteiger partial charge in [-0.25, -0.2) is 4.79 Å². The van der Waals surface area contributed by atoms with Crippen LogP contribution in [0.25, 0.3) is 0 Å². The molecule has 0 aliphatic heterocycles. The lowest BCUT2D eigenvalue weighted by atomic mass is 10.3. The maximum absolute atomic E-state index is 11.4. The van der Waals surface area contributed by atoms with E-state index in [0.717, 1.165) is 4.88 Å². The number of hydrogen-bond donors (Lipinski definition) is 1. The van der Waals surface area contributed by atoms with Crippen LogP contribution in [-0.4, -0.2) is 12.1 Å². The van der Waals surface area contributed by atoms with Gasteiger partial charge in [0.25, 0.3) is 0 Å². The summed E-state index contributed by atoms with van der Waals surface area (Å²) in [7, 11) is 0. The molecule has 72 valence electrons. The number of aryl methyl sites for hydroxylation is 1. The van der Waals surface area contributed by atoms with E-state index < -0.39 is 0 Å². The van der Waals surface area contributed by atoms with Crippen molar-refractivity contribution in [3.8, 4) is 0 Å². The number of carbonyl (C=O) groups excluding carboxylic acids is 1. The number of anilines is 1. The molecule has 0 atom stereocenters. The van der Waals surface area contributed by atoms with Gasteiger partial charge in [-0.15, -0.1) is 11.3 Å². The van der Waals surface area contributed by atoms with Crippen LogP contribution in [0.2, 0.25) is 0 Å². The van der Waals surface area contributed by atoms with Crippen molar-refractivity contribution in [2.24, 2.45) is 0 Å². The zero-order chi connectivity index (χ0) is 10.0. The molecular formula is C9H13NO2S. The standard InChI is InChI=1S/C9H13NO2S/c1-5(2)12-9(11)7-4-6(3)13-8(7)10/h4-5H,10H2,1-3H3. The Morgan fingerprint density at radius 1 is 1.62 bits per heavy atom. The monoisotopic (exact) mass is 199 g/mol. The molecule has 0 bridgehead atoms. The number of thiophene rings is 1. The van der Waals surface area contributed by atoms with Crippen molar-refractivity contribution < 1.29 is 9.53 Å². The minimum Gasteiger partial charge on any atom is -0.459 e. The molecule has 0 saturated heterocycles. The number of nitrogen functional groups attached to an aromatic ring is 1. The molecule has 0 fully saturated rings. The van der Waals surface area contributed by atoms with E-state index in [4.69, 9.17) is 10.5 Å². The van der Waals surface area contributed by atoms with E-state index in [1.807, 2.05) is 20.8 Å². The highest BCUT2D eigenvalue weighted by molar-refractivity contribution is 7.16. The van der Waals surface area contributed by atoms with E-state index in [2.05, 4.69) is 0 Å². The van der Waals surface area contributed by atoms with Gasteiger partial charge in [0.05, 0.1) is 11.7 Å². The minimum atomic E-state index is -0.336. The van der Waals surface area contributed by atoms with Crippen LogP contribution in [0.3, 0.4) is 0 Å². The van der Waals surface area contributed by atoms with Gasteiger partial charge in [-0.1, -0.05) is 0 Å².